The maximum absolute atomic E-state index is 11.0. The summed E-state index contributed by atoms with van der Waals surface area (Å²) in [5, 5.41) is 0. The van der Waals surface area contributed by atoms with Crippen LogP contribution in [0.15, 0.2) is 36.5 Å². The first kappa shape index (κ1) is 7.00. The lowest BCUT2D eigenvalue weighted by Crippen LogP contribution is -2.07. The summed E-state index contributed by atoms with van der Waals surface area (Å²) in [4.78, 5) is 11.0. The van der Waals surface area contributed by atoms with Crippen LogP contribution in [0.5, 0.6) is 0 Å². The molecule has 1 aliphatic carbocycles. The van der Waals surface area contributed by atoms with Crippen molar-refractivity contribution >= 4 is 5.78 Å². The maximum Gasteiger partial charge on any atom is 0.165 e. The van der Waals surface area contributed by atoms with Crippen LogP contribution in [0.4, 0.5) is 0 Å². The number of carbonyl (C=O) groups is 1. The molecule has 1 aliphatic rings. The minimum Gasteiger partial charge on any atom is -0.294 e. The molecule has 0 heterocycles. The first-order chi connectivity index (χ1) is 4.75. The normalized spacial score (nSPS) is 22.5. The molecule has 0 saturated heterocycles. The molecule has 10 heavy (non-hydrogen) atoms. The fraction of sp³-hybridized carbons (Fsp3) is 0.222. The number of hydrogen-bond donors (Lipinski definition) is 0. The zero-order chi connectivity index (χ0) is 7.56. The molecule has 1 unspecified atom stereocenters. The van der Waals surface area contributed by atoms with Gasteiger partial charge >= 0.3 is 0 Å². The van der Waals surface area contributed by atoms with Gasteiger partial charge in [-0.2, -0.15) is 0 Å². The van der Waals surface area contributed by atoms with Crippen molar-refractivity contribution in [2.24, 2.45) is 5.92 Å². The second kappa shape index (κ2) is 2.65. The second-order valence-corrected chi connectivity index (χ2v) is 2.38. The van der Waals surface area contributed by atoms with Crippen molar-refractivity contribution in [1.82, 2.24) is 0 Å². The molecule has 0 aliphatic heterocycles. The Bertz CT molecular complexity index is 221. The van der Waals surface area contributed by atoms with Gasteiger partial charge in [0, 0.05) is 0 Å². The maximum atomic E-state index is 11.0. The Labute approximate surface area is 60.7 Å². The Kier molecular flexibility index (Phi) is 1.86. The Morgan fingerprint density at radius 2 is 2.50 bits per heavy atom. The molecule has 1 heteroatoms. The van der Waals surface area contributed by atoms with E-state index in [1.165, 1.54) is 6.08 Å². The van der Waals surface area contributed by atoms with Gasteiger partial charge in [-0.15, -0.1) is 0 Å². The molecule has 0 bridgehead atoms. The number of rotatable bonds is 2. The van der Waals surface area contributed by atoms with Crippen molar-refractivity contribution in [2.75, 3.05) is 0 Å². The fourth-order valence-corrected chi connectivity index (χ4v) is 1.02. The summed E-state index contributed by atoms with van der Waals surface area (Å²) in [5.74, 6) is 0.0556. The van der Waals surface area contributed by atoms with E-state index in [2.05, 4.69) is 6.58 Å². The molecule has 0 radical (unpaired) electrons. The van der Waals surface area contributed by atoms with E-state index in [1.54, 1.807) is 0 Å². The Morgan fingerprint density at radius 1 is 1.80 bits per heavy atom. The van der Waals surface area contributed by atoms with Gasteiger partial charge in [0.2, 0.25) is 0 Å². The highest BCUT2D eigenvalue weighted by atomic mass is 16.1. The van der Waals surface area contributed by atoms with Gasteiger partial charge in [0.05, 0.1) is 5.92 Å². The van der Waals surface area contributed by atoms with Crippen LogP contribution in [-0.4, -0.2) is 5.78 Å². The van der Waals surface area contributed by atoms with Gasteiger partial charge in [0.25, 0.3) is 0 Å². The highest BCUT2D eigenvalue weighted by Crippen LogP contribution is 2.19. The van der Waals surface area contributed by atoms with E-state index in [-0.39, 0.29) is 11.7 Å². The summed E-state index contributed by atoms with van der Waals surface area (Å²) in [6.07, 6.45) is 7.12. The van der Waals surface area contributed by atoms with Crippen LogP contribution in [0.1, 0.15) is 6.92 Å². The molecule has 0 amide bonds. The van der Waals surface area contributed by atoms with Crippen molar-refractivity contribution in [3.05, 3.63) is 36.5 Å². The van der Waals surface area contributed by atoms with Crippen LogP contribution in [0, 0.1) is 5.92 Å². The van der Waals surface area contributed by atoms with Crippen molar-refractivity contribution in [3.8, 4) is 0 Å². The third kappa shape index (κ3) is 1.08. The van der Waals surface area contributed by atoms with Gasteiger partial charge < -0.3 is 0 Å². The van der Waals surface area contributed by atoms with Crippen molar-refractivity contribution in [1.29, 1.82) is 0 Å². The van der Waals surface area contributed by atoms with E-state index in [1.807, 2.05) is 25.2 Å². The lowest BCUT2D eigenvalue weighted by molar-refractivity contribution is -0.115. The quantitative estimate of drug-likeness (QED) is 0.527. The van der Waals surface area contributed by atoms with Crippen molar-refractivity contribution in [3.63, 3.8) is 0 Å². The molecule has 1 nitrogen and oxygen atoms in total. The smallest absolute Gasteiger partial charge is 0.165 e. The number of hydrogen-bond acceptors (Lipinski definition) is 1. The van der Waals surface area contributed by atoms with E-state index in [0.29, 0.717) is 0 Å². The monoisotopic (exact) mass is 134 g/mol. The second-order valence-electron chi connectivity index (χ2n) is 2.38. The van der Waals surface area contributed by atoms with Gasteiger partial charge in [-0.05, 0) is 13.0 Å². The van der Waals surface area contributed by atoms with E-state index >= 15 is 0 Å². The molecule has 1 rings (SSSR count). The molecular weight excluding hydrogens is 124 g/mol. The number of ketones is 1. The first-order valence-corrected chi connectivity index (χ1v) is 3.27. The van der Waals surface area contributed by atoms with Crippen molar-refractivity contribution in [2.45, 2.75) is 6.92 Å². The molecule has 0 N–H and O–H groups in total. The molecule has 52 valence electrons. The highest BCUT2D eigenvalue weighted by Gasteiger charge is 2.15. The molecule has 0 aromatic heterocycles. The summed E-state index contributed by atoms with van der Waals surface area (Å²) in [7, 11) is 0. The standard InChI is InChI=1S/C9H10O/c1-3-9(10)8-6-4-5-7(8)2/h3-6,8H,1H2,2H3. The zero-order valence-electron chi connectivity index (χ0n) is 6.00. The molecule has 0 saturated carbocycles. The minimum absolute atomic E-state index is 0.0301. The number of carbonyl (C=O) groups excluding carboxylic acids is 1. The van der Waals surface area contributed by atoms with E-state index in [0.717, 1.165) is 5.57 Å². The van der Waals surface area contributed by atoms with Gasteiger partial charge in [-0.25, -0.2) is 0 Å². The third-order valence-corrected chi connectivity index (χ3v) is 1.66. The topological polar surface area (TPSA) is 17.1 Å². The van der Waals surface area contributed by atoms with Crippen LogP contribution in [-0.2, 0) is 4.79 Å². The van der Waals surface area contributed by atoms with Crippen LogP contribution < -0.4 is 0 Å². The molecule has 1 atom stereocenters. The first-order valence-electron chi connectivity index (χ1n) is 3.27. The van der Waals surface area contributed by atoms with Crippen molar-refractivity contribution < 1.29 is 4.79 Å². The molecule has 0 fully saturated rings. The summed E-state index contributed by atoms with van der Waals surface area (Å²) < 4.78 is 0. The molecule has 0 spiro atoms. The Balaban J connectivity index is 2.75. The molecule has 0 aromatic carbocycles. The van der Waals surface area contributed by atoms with Gasteiger partial charge in [0.1, 0.15) is 0 Å². The van der Waals surface area contributed by atoms with Gasteiger partial charge in [0.15, 0.2) is 5.78 Å². The highest BCUT2D eigenvalue weighted by molar-refractivity contribution is 5.95. The average Bonchev–Trinajstić information content (AvgIpc) is 2.34. The zero-order valence-corrected chi connectivity index (χ0v) is 6.00. The van der Waals surface area contributed by atoms with Crippen LogP contribution >= 0.6 is 0 Å². The predicted octanol–water partition coefficient (Wildman–Crippen LogP) is 1.87. The van der Waals surface area contributed by atoms with Crippen LogP contribution in [0.2, 0.25) is 0 Å². The minimum atomic E-state index is -0.0301. The summed E-state index contributed by atoms with van der Waals surface area (Å²) >= 11 is 0. The molecule has 0 aromatic rings. The lowest BCUT2D eigenvalue weighted by Gasteiger charge is -2.03. The van der Waals surface area contributed by atoms with Crippen LogP contribution in [0.3, 0.4) is 0 Å². The Morgan fingerprint density at radius 3 is 2.90 bits per heavy atom. The van der Waals surface area contributed by atoms with E-state index in [9.17, 15) is 4.79 Å². The summed E-state index contributed by atoms with van der Waals surface area (Å²) in [6.45, 7) is 5.38. The Hall–Kier alpha value is -1.11. The van der Waals surface area contributed by atoms with Gasteiger partial charge in [-0.1, -0.05) is 30.4 Å². The number of allylic oxidation sites excluding steroid dienone is 5. The average molecular weight is 134 g/mol. The largest absolute Gasteiger partial charge is 0.294 e. The summed E-state index contributed by atoms with van der Waals surface area (Å²) in [5.41, 5.74) is 1.10. The summed E-state index contributed by atoms with van der Waals surface area (Å²) in [6, 6.07) is 0. The van der Waals surface area contributed by atoms with E-state index in [4.69, 9.17) is 0 Å². The SMILES string of the molecule is C=CC(=O)C1C=CC=C1C. The van der Waals surface area contributed by atoms with Gasteiger partial charge in [-0.3, -0.25) is 4.79 Å². The predicted molar refractivity (Wildman–Crippen MR) is 41.6 cm³/mol. The molecular formula is C9H10O. The fourth-order valence-electron chi connectivity index (χ4n) is 1.02. The van der Waals surface area contributed by atoms with Crippen LogP contribution in [0.25, 0.3) is 0 Å². The van der Waals surface area contributed by atoms with E-state index < -0.39 is 0 Å². The third-order valence-electron chi connectivity index (χ3n) is 1.66. The lowest BCUT2D eigenvalue weighted by atomic mass is 10.00.